The Morgan fingerprint density at radius 1 is 1.26 bits per heavy atom. The summed E-state index contributed by atoms with van der Waals surface area (Å²) in [6, 6.07) is 8.00. The molecule has 1 amide bonds. The van der Waals surface area contributed by atoms with Crippen molar-refractivity contribution >= 4 is 5.91 Å². The number of piperidine rings is 1. The predicted octanol–water partition coefficient (Wildman–Crippen LogP) is 2.01. The van der Waals surface area contributed by atoms with Crippen LogP contribution in [0.4, 0.5) is 0 Å². The first-order valence-electron chi connectivity index (χ1n) is 6.94. The summed E-state index contributed by atoms with van der Waals surface area (Å²) in [5.74, 6) is 0.698. The Bertz CT molecular complexity index is 491. The van der Waals surface area contributed by atoms with E-state index in [0.717, 1.165) is 25.9 Å². The Balaban J connectivity index is 1.80. The number of ether oxygens (including phenoxy) is 1. The minimum atomic E-state index is -0.503. The number of likely N-dealkylation sites (tertiary alicyclic amines) is 1. The van der Waals surface area contributed by atoms with Gasteiger partial charge in [-0.1, -0.05) is 12.1 Å². The van der Waals surface area contributed by atoms with Crippen LogP contribution in [-0.2, 0) is 0 Å². The molecule has 0 bridgehead atoms. The number of carbonyl (C=O) groups is 1. The number of benzene rings is 1. The fourth-order valence-electron chi connectivity index (χ4n) is 2.88. The van der Waals surface area contributed by atoms with Crippen molar-refractivity contribution in [3.05, 3.63) is 29.8 Å². The van der Waals surface area contributed by atoms with Crippen LogP contribution in [0, 0.1) is 0 Å². The number of hydrogen-bond acceptors (Lipinski definition) is 3. The van der Waals surface area contributed by atoms with Gasteiger partial charge in [-0.15, -0.1) is 0 Å². The number of hydrogen-bond donors (Lipinski definition) is 1. The van der Waals surface area contributed by atoms with Crippen molar-refractivity contribution in [1.82, 2.24) is 10.2 Å². The molecular formula is C15H20N2O2. The molecule has 0 saturated carbocycles. The van der Waals surface area contributed by atoms with Gasteiger partial charge in [-0.05, 0) is 26.0 Å². The Kier molecular flexibility index (Phi) is 2.97. The fraction of sp³-hybridized carbons (Fsp3) is 0.533. The minimum Gasteiger partial charge on any atom is -0.467 e. The molecule has 1 fully saturated rings. The van der Waals surface area contributed by atoms with Crippen molar-refractivity contribution in [1.29, 1.82) is 0 Å². The van der Waals surface area contributed by atoms with E-state index < -0.39 is 5.72 Å². The van der Waals surface area contributed by atoms with E-state index in [1.54, 1.807) is 6.07 Å². The molecule has 1 aromatic rings. The van der Waals surface area contributed by atoms with Crippen molar-refractivity contribution in [2.24, 2.45) is 0 Å². The van der Waals surface area contributed by atoms with Crippen molar-refractivity contribution in [2.45, 2.75) is 38.5 Å². The van der Waals surface area contributed by atoms with Crippen molar-refractivity contribution < 1.29 is 9.53 Å². The second-order valence-electron chi connectivity index (χ2n) is 5.68. The van der Waals surface area contributed by atoms with Crippen LogP contribution in [0.5, 0.6) is 5.75 Å². The molecule has 0 unspecified atom stereocenters. The highest BCUT2D eigenvalue weighted by Gasteiger charge is 2.42. The van der Waals surface area contributed by atoms with E-state index in [0.29, 0.717) is 17.4 Å². The van der Waals surface area contributed by atoms with Crippen LogP contribution >= 0.6 is 0 Å². The third-order valence-corrected chi connectivity index (χ3v) is 4.11. The van der Waals surface area contributed by atoms with Gasteiger partial charge in [0.2, 0.25) is 0 Å². The van der Waals surface area contributed by atoms with Crippen molar-refractivity contribution in [3.8, 4) is 5.75 Å². The molecule has 0 radical (unpaired) electrons. The molecular weight excluding hydrogens is 240 g/mol. The lowest BCUT2D eigenvalue weighted by Gasteiger charge is -2.45. The molecule has 0 aliphatic carbocycles. The largest absolute Gasteiger partial charge is 0.467 e. The van der Waals surface area contributed by atoms with Gasteiger partial charge < -0.3 is 15.0 Å². The van der Waals surface area contributed by atoms with Crippen LogP contribution in [0.3, 0.4) is 0 Å². The molecule has 102 valence electrons. The van der Waals surface area contributed by atoms with E-state index in [4.69, 9.17) is 4.74 Å². The van der Waals surface area contributed by atoms with Crippen LogP contribution in [0.1, 0.15) is 37.0 Å². The van der Waals surface area contributed by atoms with Gasteiger partial charge in [0, 0.05) is 32.0 Å². The first-order valence-corrected chi connectivity index (χ1v) is 6.94. The topological polar surface area (TPSA) is 41.6 Å². The standard InChI is InChI=1S/C15H20N2O2/c1-11(2)17-9-7-15(8-10-17)16-14(18)12-5-3-4-6-13(12)19-15/h3-6,11H,7-10H2,1-2H3,(H,16,18). The highest BCUT2D eigenvalue weighted by molar-refractivity contribution is 5.98. The summed E-state index contributed by atoms with van der Waals surface area (Å²) in [6.45, 7) is 6.32. The second kappa shape index (κ2) is 4.53. The van der Waals surface area contributed by atoms with Gasteiger partial charge in [-0.3, -0.25) is 4.79 Å². The highest BCUT2D eigenvalue weighted by Crippen LogP contribution is 2.33. The number of nitrogens with one attached hydrogen (secondary N) is 1. The maximum atomic E-state index is 12.2. The van der Waals surface area contributed by atoms with Gasteiger partial charge >= 0.3 is 0 Å². The lowest BCUT2D eigenvalue weighted by Crippen LogP contribution is -2.61. The van der Waals surface area contributed by atoms with Crippen LogP contribution in [0.2, 0.25) is 0 Å². The molecule has 0 aromatic heterocycles. The van der Waals surface area contributed by atoms with E-state index in [2.05, 4.69) is 24.1 Å². The SMILES string of the molecule is CC(C)N1CCC2(CC1)NC(=O)c1ccccc1O2. The molecule has 2 aliphatic rings. The number of rotatable bonds is 1. The average molecular weight is 260 g/mol. The van der Waals surface area contributed by atoms with E-state index in [9.17, 15) is 4.79 Å². The lowest BCUT2D eigenvalue weighted by atomic mass is 9.96. The first-order chi connectivity index (χ1) is 9.10. The van der Waals surface area contributed by atoms with Gasteiger partial charge in [0.25, 0.3) is 5.91 Å². The van der Waals surface area contributed by atoms with Gasteiger partial charge in [-0.2, -0.15) is 0 Å². The number of carbonyl (C=O) groups excluding carboxylic acids is 1. The second-order valence-corrected chi connectivity index (χ2v) is 5.68. The van der Waals surface area contributed by atoms with Crippen LogP contribution in [-0.4, -0.2) is 35.7 Å². The zero-order chi connectivity index (χ0) is 13.5. The highest BCUT2D eigenvalue weighted by atomic mass is 16.5. The molecule has 3 rings (SSSR count). The monoisotopic (exact) mass is 260 g/mol. The Labute approximate surface area is 113 Å². The molecule has 1 saturated heterocycles. The summed E-state index contributed by atoms with van der Waals surface area (Å²) in [6.07, 6.45) is 1.68. The lowest BCUT2D eigenvalue weighted by molar-refractivity contribution is -0.0343. The summed E-state index contributed by atoms with van der Waals surface area (Å²) in [5.41, 5.74) is 0.135. The summed E-state index contributed by atoms with van der Waals surface area (Å²) >= 11 is 0. The Hall–Kier alpha value is -1.55. The number of para-hydroxylation sites is 1. The summed E-state index contributed by atoms with van der Waals surface area (Å²) in [5, 5.41) is 3.06. The quantitative estimate of drug-likeness (QED) is 0.840. The number of nitrogens with zero attached hydrogens (tertiary/aromatic N) is 1. The molecule has 1 aromatic carbocycles. The maximum Gasteiger partial charge on any atom is 0.258 e. The molecule has 1 N–H and O–H groups in total. The molecule has 2 aliphatic heterocycles. The van der Waals surface area contributed by atoms with Crippen LogP contribution < -0.4 is 10.1 Å². The van der Waals surface area contributed by atoms with E-state index >= 15 is 0 Å². The smallest absolute Gasteiger partial charge is 0.258 e. The maximum absolute atomic E-state index is 12.2. The van der Waals surface area contributed by atoms with Crippen LogP contribution in [0.15, 0.2) is 24.3 Å². The average Bonchev–Trinajstić information content (AvgIpc) is 2.39. The molecule has 2 heterocycles. The van der Waals surface area contributed by atoms with Gasteiger partial charge in [0.1, 0.15) is 5.75 Å². The molecule has 4 nitrogen and oxygen atoms in total. The first kappa shape index (κ1) is 12.5. The predicted molar refractivity (Wildman–Crippen MR) is 73.2 cm³/mol. The van der Waals surface area contributed by atoms with E-state index in [-0.39, 0.29) is 5.91 Å². The van der Waals surface area contributed by atoms with E-state index in [1.807, 2.05) is 18.2 Å². The third-order valence-electron chi connectivity index (χ3n) is 4.11. The van der Waals surface area contributed by atoms with Gasteiger partial charge in [0.05, 0.1) is 5.56 Å². The minimum absolute atomic E-state index is 0.0140. The summed E-state index contributed by atoms with van der Waals surface area (Å²) in [7, 11) is 0. The molecule has 19 heavy (non-hydrogen) atoms. The zero-order valence-electron chi connectivity index (χ0n) is 11.5. The summed E-state index contributed by atoms with van der Waals surface area (Å²) in [4.78, 5) is 14.6. The van der Waals surface area contributed by atoms with Crippen LogP contribution in [0.25, 0.3) is 0 Å². The third kappa shape index (κ3) is 2.21. The summed E-state index contributed by atoms with van der Waals surface area (Å²) < 4.78 is 6.10. The molecule has 0 atom stereocenters. The molecule has 4 heteroatoms. The van der Waals surface area contributed by atoms with Gasteiger partial charge in [-0.25, -0.2) is 0 Å². The van der Waals surface area contributed by atoms with E-state index in [1.165, 1.54) is 0 Å². The zero-order valence-corrected chi connectivity index (χ0v) is 11.5. The normalized spacial score (nSPS) is 21.9. The number of amides is 1. The Morgan fingerprint density at radius 2 is 1.95 bits per heavy atom. The fourth-order valence-corrected chi connectivity index (χ4v) is 2.88. The number of fused-ring (bicyclic) bond motifs is 1. The van der Waals surface area contributed by atoms with Crippen molar-refractivity contribution in [2.75, 3.05) is 13.1 Å². The van der Waals surface area contributed by atoms with Gasteiger partial charge in [0.15, 0.2) is 5.72 Å². The molecule has 1 spiro atoms. The Morgan fingerprint density at radius 3 is 2.63 bits per heavy atom. The van der Waals surface area contributed by atoms with Crippen molar-refractivity contribution in [3.63, 3.8) is 0 Å².